The minimum absolute atomic E-state index is 0.0837. The molecule has 0 aliphatic heterocycles. The van der Waals surface area contributed by atoms with Crippen molar-refractivity contribution in [3.05, 3.63) is 24.0 Å². The molecule has 18 heavy (non-hydrogen) atoms. The van der Waals surface area contributed by atoms with Gasteiger partial charge < -0.3 is 10.1 Å². The average molecular weight is 250 g/mol. The number of hydrogen-bond donors (Lipinski definition) is 1. The summed E-state index contributed by atoms with van der Waals surface area (Å²) in [6, 6.07) is 6.97. The summed E-state index contributed by atoms with van der Waals surface area (Å²) >= 11 is 0. The molecule has 0 bridgehead atoms. The first kappa shape index (κ1) is 14.3. The highest BCUT2D eigenvalue weighted by molar-refractivity contribution is 5.47. The zero-order valence-corrected chi connectivity index (χ0v) is 11.0. The Balaban J connectivity index is 2.64. The Kier molecular flexibility index (Phi) is 5.44. The van der Waals surface area contributed by atoms with E-state index in [2.05, 4.69) is 11.4 Å². The first-order valence-electron chi connectivity index (χ1n) is 6.14. The summed E-state index contributed by atoms with van der Waals surface area (Å²) in [4.78, 5) is 0. The van der Waals surface area contributed by atoms with Crippen LogP contribution in [0.5, 0.6) is 5.75 Å². The fourth-order valence-corrected chi connectivity index (χ4v) is 1.54. The van der Waals surface area contributed by atoms with Gasteiger partial charge in [-0.15, -0.1) is 0 Å². The van der Waals surface area contributed by atoms with Gasteiger partial charge in [-0.3, -0.25) is 0 Å². The lowest BCUT2D eigenvalue weighted by atomic mass is 9.97. The fourth-order valence-electron chi connectivity index (χ4n) is 1.54. The van der Waals surface area contributed by atoms with E-state index < -0.39 is 0 Å². The summed E-state index contributed by atoms with van der Waals surface area (Å²) in [5.74, 6) is 0.0540. The van der Waals surface area contributed by atoms with Gasteiger partial charge in [-0.2, -0.15) is 5.26 Å². The molecule has 0 aliphatic rings. The maximum absolute atomic E-state index is 13.6. The monoisotopic (exact) mass is 250 g/mol. The van der Waals surface area contributed by atoms with Gasteiger partial charge in [0.15, 0.2) is 11.6 Å². The quantitative estimate of drug-likeness (QED) is 0.841. The minimum atomic E-state index is -0.389. The van der Waals surface area contributed by atoms with Gasteiger partial charge in [0.2, 0.25) is 0 Å². The number of rotatable bonds is 6. The third-order valence-corrected chi connectivity index (χ3v) is 2.73. The van der Waals surface area contributed by atoms with Gasteiger partial charge in [0.25, 0.3) is 0 Å². The molecule has 0 aromatic heterocycles. The van der Waals surface area contributed by atoms with Gasteiger partial charge >= 0.3 is 0 Å². The molecule has 1 N–H and O–H groups in total. The standard InChI is InChI=1S/C14H19FN2O/c1-4-18-14-6-5-12(7-13(14)15)17-9-11(8-16)10(2)3/h5-7,10-11,17H,4,9H2,1-3H3. The second kappa shape index (κ2) is 6.85. The van der Waals surface area contributed by atoms with Crippen LogP contribution in [0.4, 0.5) is 10.1 Å². The summed E-state index contributed by atoms with van der Waals surface area (Å²) in [6.07, 6.45) is 0. The first-order chi connectivity index (χ1) is 8.58. The Hall–Kier alpha value is -1.76. The molecule has 1 aromatic rings. The van der Waals surface area contributed by atoms with Crippen LogP contribution in [0.2, 0.25) is 0 Å². The Bertz CT molecular complexity index is 426. The molecule has 0 saturated heterocycles. The van der Waals surface area contributed by atoms with Crippen molar-refractivity contribution in [2.75, 3.05) is 18.5 Å². The Morgan fingerprint density at radius 2 is 2.17 bits per heavy atom. The van der Waals surface area contributed by atoms with Crippen molar-refractivity contribution >= 4 is 5.69 Å². The van der Waals surface area contributed by atoms with Crippen LogP contribution in [-0.4, -0.2) is 13.2 Å². The molecule has 0 aliphatic carbocycles. The molecule has 1 rings (SSSR count). The van der Waals surface area contributed by atoms with Gasteiger partial charge in [-0.25, -0.2) is 4.39 Å². The number of halogens is 1. The Labute approximate surface area is 108 Å². The molecule has 0 heterocycles. The van der Waals surface area contributed by atoms with E-state index in [9.17, 15) is 4.39 Å². The number of nitrogens with zero attached hydrogens (tertiary/aromatic N) is 1. The van der Waals surface area contributed by atoms with E-state index in [0.717, 1.165) is 0 Å². The molecule has 0 radical (unpaired) electrons. The van der Waals surface area contributed by atoms with Gasteiger partial charge in [0, 0.05) is 18.3 Å². The van der Waals surface area contributed by atoms with Crippen LogP contribution in [0.3, 0.4) is 0 Å². The zero-order valence-electron chi connectivity index (χ0n) is 11.0. The van der Waals surface area contributed by atoms with E-state index in [1.807, 2.05) is 20.8 Å². The van der Waals surface area contributed by atoms with Crippen LogP contribution in [-0.2, 0) is 0 Å². The lowest BCUT2D eigenvalue weighted by Crippen LogP contribution is -2.17. The number of benzene rings is 1. The predicted octanol–water partition coefficient (Wildman–Crippen LogP) is 3.43. The molecule has 1 atom stereocenters. The van der Waals surface area contributed by atoms with Gasteiger partial charge in [-0.05, 0) is 25.0 Å². The fraction of sp³-hybridized carbons (Fsp3) is 0.500. The molecule has 1 unspecified atom stereocenters. The topological polar surface area (TPSA) is 45.0 Å². The third kappa shape index (κ3) is 3.92. The van der Waals surface area contributed by atoms with Crippen LogP contribution in [0.1, 0.15) is 20.8 Å². The van der Waals surface area contributed by atoms with E-state index in [1.165, 1.54) is 6.07 Å². The maximum atomic E-state index is 13.6. The molecule has 98 valence electrons. The van der Waals surface area contributed by atoms with E-state index >= 15 is 0 Å². The lowest BCUT2D eigenvalue weighted by molar-refractivity contribution is 0.321. The highest BCUT2D eigenvalue weighted by Crippen LogP contribution is 2.21. The van der Waals surface area contributed by atoms with Crippen molar-refractivity contribution in [3.63, 3.8) is 0 Å². The lowest BCUT2D eigenvalue weighted by Gasteiger charge is -2.15. The number of anilines is 1. The van der Waals surface area contributed by atoms with Crippen molar-refractivity contribution in [2.24, 2.45) is 11.8 Å². The predicted molar refractivity (Wildman–Crippen MR) is 70.0 cm³/mol. The Morgan fingerprint density at radius 1 is 1.44 bits per heavy atom. The van der Waals surface area contributed by atoms with E-state index in [0.29, 0.717) is 18.8 Å². The molecule has 0 fully saturated rings. The van der Waals surface area contributed by atoms with E-state index in [1.54, 1.807) is 12.1 Å². The summed E-state index contributed by atoms with van der Waals surface area (Å²) in [5.41, 5.74) is 0.664. The smallest absolute Gasteiger partial charge is 0.167 e. The van der Waals surface area contributed by atoms with E-state index in [4.69, 9.17) is 10.00 Å². The van der Waals surface area contributed by atoms with Crippen LogP contribution >= 0.6 is 0 Å². The molecule has 0 saturated carbocycles. The Morgan fingerprint density at radius 3 is 2.67 bits per heavy atom. The molecule has 1 aromatic carbocycles. The SMILES string of the molecule is CCOc1ccc(NCC(C#N)C(C)C)cc1F. The van der Waals surface area contributed by atoms with Crippen molar-refractivity contribution in [1.29, 1.82) is 5.26 Å². The summed E-state index contributed by atoms with van der Waals surface area (Å²) in [5, 5.41) is 12.0. The van der Waals surface area contributed by atoms with Crippen molar-refractivity contribution in [1.82, 2.24) is 0 Å². The van der Waals surface area contributed by atoms with Crippen LogP contribution < -0.4 is 10.1 Å². The number of nitrogens with one attached hydrogen (secondary N) is 1. The van der Waals surface area contributed by atoms with Crippen molar-refractivity contribution in [3.8, 4) is 11.8 Å². The molecule has 0 amide bonds. The maximum Gasteiger partial charge on any atom is 0.167 e. The molecule has 0 spiro atoms. The molecular formula is C14H19FN2O. The molecule has 3 nitrogen and oxygen atoms in total. The van der Waals surface area contributed by atoms with Gasteiger partial charge in [0.1, 0.15) is 0 Å². The molecule has 4 heteroatoms. The van der Waals surface area contributed by atoms with Crippen molar-refractivity contribution in [2.45, 2.75) is 20.8 Å². The summed E-state index contributed by atoms with van der Waals surface area (Å²) in [6.45, 7) is 6.75. The van der Waals surface area contributed by atoms with Gasteiger partial charge in [-0.1, -0.05) is 13.8 Å². The number of hydrogen-bond acceptors (Lipinski definition) is 3. The summed E-state index contributed by atoms with van der Waals surface area (Å²) < 4.78 is 18.7. The average Bonchev–Trinajstić information content (AvgIpc) is 2.33. The third-order valence-electron chi connectivity index (χ3n) is 2.73. The zero-order chi connectivity index (χ0) is 13.5. The highest BCUT2D eigenvalue weighted by Gasteiger charge is 2.12. The van der Waals surface area contributed by atoms with E-state index in [-0.39, 0.29) is 23.4 Å². The number of nitriles is 1. The molecular weight excluding hydrogens is 231 g/mol. The second-order valence-electron chi connectivity index (χ2n) is 4.44. The second-order valence-corrected chi connectivity index (χ2v) is 4.44. The van der Waals surface area contributed by atoms with Crippen LogP contribution in [0.15, 0.2) is 18.2 Å². The minimum Gasteiger partial charge on any atom is -0.491 e. The van der Waals surface area contributed by atoms with Gasteiger partial charge in [0.05, 0.1) is 18.6 Å². The van der Waals surface area contributed by atoms with Crippen LogP contribution in [0, 0.1) is 29.0 Å². The van der Waals surface area contributed by atoms with Crippen LogP contribution in [0.25, 0.3) is 0 Å². The largest absolute Gasteiger partial charge is 0.491 e. The van der Waals surface area contributed by atoms with Crippen molar-refractivity contribution < 1.29 is 9.13 Å². The summed E-state index contributed by atoms with van der Waals surface area (Å²) in [7, 11) is 0. The normalized spacial score (nSPS) is 12.0. The first-order valence-corrected chi connectivity index (χ1v) is 6.14. The highest BCUT2D eigenvalue weighted by atomic mass is 19.1. The number of ether oxygens (including phenoxy) is 1.